The fourth-order valence-corrected chi connectivity index (χ4v) is 2.54. The number of hydrogen-bond donors (Lipinski definition) is 2. The highest BCUT2D eigenvalue weighted by Gasteiger charge is 2.13. The first-order chi connectivity index (χ1) is 8.16. The molecule has 0 bridgehead atoms. The topological polar surface area (TPSA) is 80.9 Å². The van der Waals surface area contributed by atoms with Gasteiger partial charge in [-0.05, 0) is 0 Å². The van der Waals surface area contributed by atoms with E-state index in [1.165, 1.54) is 11.3 Å². The SMILES string of the molecule is CC(CNC(=O)c1csc(N)n1)c1nccs1. The highest BCUT2D eigenvalue weighted by atomic mass is 32.1. The molecule has 0 aliphatic carbocycles. The zero-order valence-electron chi connectivity index (χ0n) is 9.21. The van der Waals surface area contributed by atoms with Crippen molar-refractivity contribution in [2.75, 3.05) is 12.3 Å². The van der Waals surface area contributed by atoms with Gasteiger partial charge >= 0.3 is 0 Å². The fourth-order valence-electron chi connectivity index (χ4n) is 1.29. The summed E-state index contributed by atoms with van der Waals surface area (Å²) in [5, 5.41) is 7.82. The molecule has 1 amide bonds. The monoisotopic (exact) mass is 268 g/mol. The van der Waals surface area contributed by atoms with Gasteiger partial charge in [-0.15, -0.1) is 22.7 Å². The summed E-state index contributed by atoms with van der Waals surface area (Å²) in [5.74, 6) is 0.0105. The lowest BCUT2D eigenvalue weighted by Crippen LogP contribution is -2.27. The average molecular weight is 268 g/mol. The summed E-state index contributed by atoms with van der Waals surface area (Å²) in [7, 11) is 0. The zero-order chi connectivity index (χ0) is 12.3. The summed E-state index contributed by atoms with van der Waals surface area (Å²) in [6.07, 6.45) is 1.76. The van der Waals surface area contributed by atoms with E-state index in [0.29, 0.717) is 17.4 Å². The number of amides is 1. The molecule has 2 aromatic heterocycles. The molecule has 2 rings (SSSR count). The first-order valence-electron chi connectivity index (χ1n) is 5.05. The van der Waals surface area contributed by atoms with Crippen LogP contribution in [-0.4, -0.2) is 22.4 Å². The second-order valence-corrected chi connectivity index (χ2v) is 5.37. The molecular weight excluding hydrogens is 256 g/mol. The van der Waals surface area contributed by atoms with Crippen LogP contribution in [-0.2, 0) is 0 Å². The third kappa shape index (κ3) is 3.01. The van der Waals surface area contributed by atoms with Crippen molar-refractivity contribution >= 4 is 33.7 Å². The maximum atomic E-state index is 11.7. The van der Waals surface area contributed by atoms with Gasteiger partial charge in [0.2, 0.25) is 0 Å². The van der Waals surface area contributed by atoms with E-state index in [4.69, 9.17) is 5.73 Å². The maximum Gasteiger partial charge on any atom is 0.270 e. The second-order valence-electron chi connectivity index (χ2n) is 3.55. The zero-order valence-corrected chi connectivity index (χ0v) is 10.8. The van der Waals surface area contributed by atoms with Crippen molar-refractivity contribution in [3.05, 3.63) is 27.7 Å². The van der Waals surface area contributed by atoms with E-state index in [1.54, 1.807) is 22.9 Å². The van der Waals surface area contributed by atoms with Gasteiger partial charge in [0.25, 0.3) is 5.91 Å². The second kappa shape index (κ2) is 5.24. The van der Waals surface area contributed by atoms with Crippen molar-refractivity contribution in [2.45, 2.75) is 12.8 Å². The number of nitrogens with one attached hydrogen (secondary N) is 1. The predicted molar refractivity (Wildman–Crippen MR) is 69.4 cm³/mol. The Balaban J connectivity index is 1.88. The fraction of sp³-hybridized carbons (Fsp3) is 0.300. The van der Waals surface area contributed by atoms with Gasteiger partial charge in [-0.3, -0.25) is 4.79 Å². The number of aromatic nitrogens is 2. The lowest BCUT2D eigenvalue weighted by atomic mass is 10.2. The van der Waals surface area contributed by atoms with Crippen LogP contribution in [0.2, 0.25) is 0 Å². The summed E-state index contributed by atoms with van der Waals surface area (Å²) in [5.41, 5.74) is 5.84. The Labute approximate surface area is 107 Å². The smallest absolute Gasteiger partial charge is 0.270 e. The van der Waals surface area contributed by atoms with Gasteiger partial charge < -0.3 is 11.1 Å². The number of nitrogens with two attached hydrogens (primary N) is 1. The van der Waals surface area contributed by atoms with E-state index >= 15 is 0 Å². The van der Waals surface area contributed by atoms with Gasteiger partial charge in [0, 0.05) is 29.4 Å². The highest BCUT2D eigenvalue weighted by molar-refractivity contribution is 7.13. The Morgan fingerprint density at radius 1 is 1.59 bits per heavy atom. The Hall–Kier alpha value is -1.47. The third-order valence-electron chi connectivity index (χ3n) is 2.20. The molecule has 0 radical (unpaired) electrons. The Morgan fingerprint density at radius 3 is 3.00 bits per heavy atom. The molecular formula is C10H12N4OS2. The summed E-state index contributed by atoms with van der Waals surface area (Å²) in [6.45, 7) is 2.57. The van der Waals surface area contributed by atoms with Gasteiger partial charge in [-0.2, -0.15) is 0 Å². The average Bonchev–Trinajstić information content (AvgIpc) is 2.95. The van der Waals surface area contributed by atoms with Gasteiger partial charge in [-0.1, -0.05) is 6.92 Å². The Kier molecular flexibility index (Phi) is 3.70. The van der Waals surface area contributed by atoms with E-state index in [2.05, 4.69) is 15.3 Å². The minimum Gasteiger partial charge on any atom is -0.375 e. The number of carbonyl (C=O) groups is 1. The van der Waals surface area contributed by atoms with Crippen LogP contribution < -0.4 is 11.1 Å². The van der Waals surface area contributed by atoms with Crippen LogP contribution in [0.1, 0.15) is 28.3 Å². The standard InChI is InChI=1S/C10H12N4OS2/c1-6(9-12-2-3-16-9)4-13-8(15)7-5-17-10(11)14-7/h2-3,5-6H,4H2,1H3,(H2,11,14)(H,13,15). The van der Waals surface area contributed by atoms with E-state index in [9.17, 15) is 4.79 Å². The van der Waals surface area contributed by atoms with E-state index in [0.717, 1.165) is 5.01 Å². The predicted octanol–water partition coefficient (Wildman–Crippen LogP) is 1.72. The molecule has 90 valence electrons. The van der Waals surface area contributed by atoms with Gasteiger partial charge in [0.05, 0.1) is 5.01 Å². The molecule has 0 aliphatic rings. The summed E-state index contributed by atoms with van der Waals surface area (Å²) in [4.78, 5) is 19.8. The van der Waals surface area contributed by atoms with Crippen LogP contribution in [0.4, 0.5) is 5.13 Å². The largest absolute Gasteiger partial charge is 0.375 e. The molecule has 0 saturated carbocycles. The van der Waals surface area contributed by atoms with Crippen molar-refractivity contribution in [1.82, 2.24) is 15.3 Å². The number of hydrogen-bond acceptors (Lipinski definition) is 6. The first kappa shape index (κ1) is 12.0. The molecule has 0 aromatic carbocycles. The van der Waals surface area contributed by atoms with Crippen molar-refractivity contribution in [1.29, 1.82) is 0 Å². The van der Waals surface area contributed by atoms with Crippen LogP contribution in [0.3, 0.4) is 0 Å². The molecule has 2 heterocycles. The number of nitrogens with zero attached hydrogens (tertiary/aromatic N) is 2. The lowest BCUT2D eigenvalue weighted by Gasteiger charge is -2.08. The van der Waals surface area contributed by atoms with Crippen LogP contribution in [0, 0.1) is 0 Å². The molecule has 1 atom stereocenters. The van der Waals surface area contributed by atoms with Crippen LogP contribution in [0.5, 0.6) is 0 Å². The number of anilines is 1. The lowest BCUT2D eigenvalue weighted by molar-refractivity contribution is 0.0947. The number of rotatable bonds is 4. The van der Waals surface area contributed by atoms with Gasteiger partial charge in [0.1, 0.15) is 5.69 Å². The Morgan fingerprint density at radius 2 is 2.41 bits per heavy atom. The van der Waals surface area contributed by atoms with Crippen LogP contribution in [0.25, 0.3) is 0 Å². The van der Waals surface area contributed by atoms with Crippen molar-refractivity contribution in [3.8, 4) is 0 Å². The molecule has 0 saturated heterocycles. The van der Waals surface area contributed by atoms with E-state index in [-0.39, 0.29) is 11.8 Å². The van der Waals surface area contributed by atoms with Crippen molar-refractivity contribution in [3.63, 3.8) is 0 Å². The normalized spacial score (nSPS) is 12.3. The molecule has 1 unspecified atom stereocenters. The van der Waals surface area contributed by atoms with Crippen LogP contribution >= 0.6 is 22.7 Å². The van der Waals surface area contributed by atoms with Gasteiger partial charge in [0.15, 0.2) is 5.13 Å². The summed E-state index contributed by atoms with van der Waals surface area (Å²) >= 11 is 2.85. The number of carbonyl (C=O) groups excluding carboxylic acids is 1. The molecule has 7 heteroatoms. The number of thiazole rings is 2. The van der Waals surface area contributed by atoms with Crippen molar-refractivity contribution < 1.29 is 4.79 Å². The number of nitrogen functional groups attached to an aromatic ring is 1. The molecule has 0 spiro atoms. The third-order valence-corrected chi connectivity index (χ3v) is 3.88. The minimum atomic E-state index is -0.193. The quantitative estimate of drug-likeness (QED) is 0.884. The minimum absolute atomic E-state index is 0.193. The first-order valence-corrected chi connectivity index (χ1v) is 6.81. The van der Waals surface area contributed by atoms with Crippen LogP contribution in [0.15, 0.2) is 17.0 Å². The molecule has 5 nitrogen and oxygen atoms in total. The Bertz CT molecular complexity index is 494. The van der Waals surface area contributed by atoms with E-state index < -0.39 is 0 Å². The molecule has 0 fully saturated rings. The highest BCUT2D eigenvalue weighted by Crippen LogP contribution is 2.16. The molecule has 3 N–H and O–H groups in total. The molecule has 17 heavy (non-hydrogen) atoms. The molecule has 0 aliphatic heterocycles. The summed E-state index contributed by atoms with van der Waals surface area (Å²) in [6, 6.07) is 0. The summed E-state index contributed by atoms with van der Waals surface area (Å²) < 4.78 is 0. The maximum absolute atomic E-state index is 11.7. The van der Waals surface area contributed by atoms with Gasteiger partial charge in [-0.25, -0.2) is 9.97 Å². The molecule has 2 aromatic rings. The van der Waals surface area contributed by atoms with E-state index in [1.807, 2.05) is 12.3 Å². The van der Waals surface area contributed by atoms with Crippen molar-refractivity contribution in [2.24, 2.45) is 0 Å².